The Hall–Kier alpha value is 0.1000. The van der Waals surface area contributed by atoms with E-state index in [0.717, 1.165) is 19.3 Å². The first kappa shape index (κ1) is 22.1. The summed E-state index contributed by atoms with van der Waals surface area (Å²) >= 11 is 1.36. The van der Waals surface area contributed by atoms with Crippen molar-refractivity contribution < 1.29 is 39.5 Å². The fourth-order valence-corrected chi connectivity index (χ4v) is 3.77. The van der Waals surface area contributed by atoms with Crippen LogP contribution in [0.25, 0.3) is 0 Å². The van der Waals surface area contributed by atoms with Gasteiger partial charge < -0.3 is 0 Å². The van der Waals surface area contributed by atoms with Crippen LogP contribution in [-0.4, -0.2) is 33.3 Å². The SMILES string of the molecule is CCCCCCCC(I)CC1(F)C(F)(F)C(F)(F)C(F)(F)C1(F)F. The second kappa shape index (κ2) is 7.02. The summed E-state index contributed by atoms with van der Waals surface area (Å²) in [6.07, 6.45) is 1.85. The summed E-state index contributed by atoms with van der Waals surface area (Å²) in [4.78, 5) is 0. The van der Waals surface area contributed by atoms with Gasteiger partial charge in [-0.1, -0.05) is 61.6 Å². The quantitative estimate of drug-likeness (QED) is 0.154. The molecule has 0 radical (unpaired) electrons. The maximum absolute atomic E-state index is 14.3. The number of hydrogen-bond donors (Lipinski definition) is 0. The number of halogens is 10. The summed E-state index contributed by atoms with van der Waals surface area (Å²) in [5, 5.41) is 0. The Bertz CT molecular complexity index is 410. The van der Waals surface area contributed by atoms with Crippen molar-refractivity contribution in [3.63, 3.8) is 0 Å². The predicted octanol–water partition coefficient (Wildman–Crippen LogP) is 6.80. The monoisotopic (exact) mass is 484 g/mol. The summed E-state index contributed by atoms with van der Waals surface area (Å²) in [5.41, 5.74) is -5.30. The second-order valence-electron chi connectivity index (χ2n) is 6.10. The van der Waals surface area contributed by atoms with Crippen LogP contribution in [0.2, 0.25) is 0 Å². The molecule has 0 N–H and O–H groups in total. The van der Waals surface area contributed by atoms with Gasteiger partial charge in [0.25, 0.3) is 5.67 Å². The minimum absolute atomic E-state index is 0.000747. The third kappa shape index (κ3) is 3.02. The van der Waals surface area contributed by atoms with Crippen LogP contribution in [0.3, 0.4) is 0 Å². The van der Waals surface area contributed by atoms with E-state index in [9.17, 15) is 39.5 Å². The van der Waals surface area contributed by atoms with Crippen molar-refractivity contribution in [2.24, 2.45) is 0 Å². The lowest BCUT2D eigenvalue weighted by molar-refractivity contribution is -0.303. The highest BCUT2D eigenvalue weighted by Gasteiger charge is 3.00. The van der Waals surface area contributed by atoms with E-state index in [0.29, 0.717) is 12.8 Å². The van der Waals surface area contributed by atoms with Crippen molar-refractivity contribution in [3.05, 3.63) is 0 Å². The Balaban J connectivity index is 2.92. The first-order chi connectivity index (χ1) is 10.7. The smallest absolute Gasteiger partial charge is 0.230 e. The molecular weight excluding hydrogens is 466 g/mol. The van der Waals surface area contributed by atoms with Crippen molar-refractivity contribution in [3.8, 4) is 0 Å². The van der Waals surface area contributed by atoms with Gasteiger partial charge in [0, 0.05) is 10.3 Å². The highest BCUT2D eigenvalue weighted by Crippen LogP contribution is 2.70. The zero-order valence-corrected chi connectivity index (χ0v) is 15.0. The third-order valence-corrected chi connectivity index (χ3v) is 5.37. The van der Waals surface area contributed by atoms with Crippen LogP contribution in [0.15, 0.2) is 0 Å². The molecule has 0 saturated heterocycles. The van der Waals surface area contributed by atoms with Crippen LogP contribution in [0.1, 0.15) is 51.9 Å². The highest BCUT2D eigenvalue weighted by atomic mass is 127. The van der Waals surface area contributed by atoms with Crippen molar-refractivity contribution in [1.29, 1.82) is 0 Å². The molecule has 0 aromatic carbocycles. The fraction of sp³-hybridized carbons (Fsp3) is 1.00. The molecule has 1 unspecified atom stereocenters. The summed E-state index contributed by atoms with van der Waals surface area (Å²) < 4.78 is 120. The standard InChI is InChI=1S/C14H18F9I/c1-2-3-4-5-6-7-9(24)8-10(15)11(16,17)13(20,21)14(22,23)12(10,18)19/h9H,2-8H2,1H3. The largest absolute Gasteiger partial charge is 0.381 e. The lowest BCUT2D eigenvalue weighted by Gasteiger charge is -2.32. The van der Waals surface area contributed by atoms with E-state index in [1.54, 1.807) is 0 Å². The van der Waals surface area contributed by atoms with Crippen LogP contribution >= 0.6 is 22.6 Å². The Kier molecular flexibility index (Phi) is 6.47. The average molecular weight is 484 g/mol. The predicted molar refractivity (Wildman–Crippen MR) is 79.4 cm³/mol. The van der Waals surface area contributed by atoms with Gasteiger partial charge in [0.2, 0.25) is 0 Å². The Morgan fingerprint density at radius 2 is 1.08 bits per heavy atom. The molecule has 0 spiro atoms. The maximum atomic E-state index is 14.3. The average Bonchev–Trinajstić information content (AvgIpc) is 2.49. The zero-order valence-electron chi connectivity index (χ0n) is 12.8. The molecule has 0 amide bonds. The molecule has 1 rings (SSSR count). The van der Waals surface area contributed by atoms with Crippen molar-refractivity contribution in [2.45, 2.75) is 85.2 Å². The van der Waals surface area contributed by atoms with E-state index in [1.165, 1.54) is 22.6 Å². The zero-order chi connectivity index (χ0) is 19.0. The molecule has 1 aliphatic carbocycles. The third-order valence-electron chi connectivity index (χ3n) is 4.30. The van der Waals surface area contributed by atoms with Gasteiger partial charge in [-0.25, -0.2) is 4.39 Å². The molecule has 1 atom stereocenters. The lowest BCUT2D eigenvalue weighted by atomic mass is 9.90. The van der Waals surface area contributed by atoms with Gasteiger partial charge in [-0.15, -0.1) is 0 Å². The molecule has 1 saturated carbocycles. The minimum atomic E-state index is -6.46. The molecule has 0 aromatic rings. The van der Waals surface area contributed by atoms with E-state index < -0.39 is 39.7 Å². The van der Waals surface area contributed by atoms with Crippen LogP contribution < -0.4 is 0 Å². The van der Waals surface area contributed by atoms with E-state index in [2.05, 4.69) is 0 Å². The number of rotatable bonds is 8. The summed E-state index contributed by atoms with van der Waals surface area (Å²) in [6.45, 7) is 1.94. The van der Waals surface area contributed by atoms with Gasteiger partial charge in [0.05, 0.1) is 0 Å². The molecule has 144 valence electrons. The van der Waals surface area contributed by atoms with E-state index >= 15 is 0 Å². The van der Waals surface area contributed by atoms with Gasteiger partial charge in [0.1, 0.15) is 0 Å². The molecule has 24 heavy (non-hydrogen) atoms. The van der Waals surface area contributed by atoms with E-state index in [4.69, 9.17) is 0 Å². The minimum Gasteiger partial charge on any atom is -0.230 e. The van der Waals surface area contributed by atoms with Gasteiger partial charge in [-0.05, 0) is 6.42 Å². The van der Waals surface area contributed by atoms with Crippen LogP contribution in [0, 0.1) is 0 Å². The second-order valence-corrected chi connectivity index (χ2v) is 7.86. The van der Waals surface area contributed by atoms with E-state index in [1.807, 2.05) is 6.92 Å². The Morgan fingerprint density at radius 3 is 1.50 bits per heavy atom. The molecule has 0 nitrogen and oxygen atoms in total. The number of unbranched alkanes of at least 4 members (excludes halogenated alkanes) is 4. The summed E-state index contributed by atoms with van der Waals surface area (Å²) in [6, 6.07) is 0. The van der Waals surface area contributed by atoms with Crippen LogP contribution in [0.4, 0.5) is 39.5 Å². The summed E-state index contributed by atoms with van der Waals surface area (Å²) in [5.74, 6) is -25.3. The molecular formula is C14H18F9I. The lowest BCUT2D eigenvalue weighted by Crippen LogP contribution is -2.55. The Morgan fingerprint density at radius 1 is 0.667 bits per heavy atom. The number of hydrogen-bond acceptors (Lipinski definition) is 0. The molecule has 0 heterocycles. The van der Waals surface area contributed by atoms with Crippen molar-refractivity contribution in [1.82, 2.24) is 0 Å². The highest BCUT2D eigenvalue weighted by molar-refractivity contribution is 14.1. The van der Waals surface area contributed by atoms with Crippen molar-refractivity contribution >= 4 is 22.6 Å². The topological polar surface area (TPSA) is 0 Å². The van der Waals surface area contributed by atoms with Gasteiger partial charge in [-0.2, -0.15) is 35.1 Å². The molecule has 1 fully saturated rings. The first-order valence-corrected chi connectivity index (χ1v) is 8.79. The first-order valence-electron chi connectivity index (χ1n) is 7.55. The van der Waals surface area contributed by atoms with Gasteiger partial charge >= 0.3 is 23.7 Å². The maximum Gasteiger partial charge on any atom is 0.381 e. The van der Waals surface area contributed by atoms with Crippen LogP contribution in [-0.2, 0) is 0 Å². The molecule has 0 bridgehead atoms. The van der Waals surface area contributed by atoms with Crippen LogP contribution in [0.5, 0.6) is 0 Å². The fourth-order valence-electron chi connectivity index (χ4n) is 2.72. The molecule has 10 heteroatoms. The van der Waals surface area contributed by atoms with Crippen molar-refractivity contribution in [2.75, 3.05) is 0 Å². The normalized spacial score (nSPS) is 27.1. The van der Waals surface area contributed by atoms with Gasteiger partial charge in [0.15, 0.2) is 0 Å². The van der Waals surface area contributed by atoms with Gasteiger partial charge in [-0.3, -0.25) is 0 Å². The molecule has 0 aliphatic heterocycles. The van der Waals surface area contributed by atoms with E-state index in [-0.39, 0.29) is 6.42 Å². The molecule has 1 aliphatic rings. The Labute approximate surface area is 147 Å². The molecule has 0 aromatic heterocycles. The number of alkyl halides is 10. The summed E-state index contributed by atoms with van der Waals surface area (Å²) in [7, 11) is 0.